The molecule has 1 aromatic rings. The summed E-state index contributed by atoms with van der Waals surface area (Å²) in [7, 11) is 0. The smallest absolute Gasteiger partial charge is 0.228 e. The molecule has 1 aromatic heterocycles. The fourth-order valence-electron chi connectivity index (χ4n) is 1.63. The van der Waals surface area contributed by atoms with E-state index in [1.807, 2.05) is 0 Å². The Bertz CT molecular complexity index is 431. The van der Waals surface area contributed by atoms with Crippen LogP contribution < -0.4 is 4.90 Å². The number of thiol groups is 1. The van der Waals surface area contributed by atoms with Crippen molar-refractivity contribution in [2.24, 2.45) is 5.92 Å². The summed E-state index contributed by atoms with van der Waals surface area (Å²) < 4.78 is 0.681. The van der Waals surface area contributed by atoms with Gasteiger partial charge in [0, 0.05) is 13.0 Å². The molecule has 7 heteroatoms. The van der Waals surface area contributed by atoms with Crippen LogP contribution in [-0.2, 0) is 4.79 Å². The van der Waals surface area contributed by atoms with Gasteiger partial charge < -0.3 is 0 Å². The molecule has 0 bridgehead atoms. The molecule has 1 unspecified atom stereocenters. The minimum absolute atomic E-state index is 0.0522. The summed E-state index contributed by atoms with van der Waals surface area (Å²) in [6.07, 6.45) is 0.514. The van der Waals surface area contributed by atoms with E-state index in [9.17, 15) is 4.79 Å². The molecule has 2 heterocycles. The first-order chi connectivity index (χ1) is 7.61. The maximum absolute atomic E-state index is 11.8. The van der Waals surface area contributed by atoms with E-state index in [1.165, 1.54) is 0 Å². The Labute approximate surface area is 112 Å². The molecule has 0 aromatic carbocycles. The van der Waals surface area contributed by atoms with Crippen LogP contribution in [0, 0.1) is 5.92 Å². The lowest BCUT2D eigenvalue weighted by molar-refractivity contribution is -0.117. The SMILES string of the molecule is O=C1CC(CS)CN1c1nnc(Cl)cc1Br. The van der Waals surface area contributed by atoms with Crippen molar-refractivity contribution in [2.45, 2.75) is 6.42 Å². The summed E-state index contributed by atoms with van der Waals surface area (Å²) in [4.78, 5) is 13.4. The molecule has 0 aliphatic carbocycles. The molecule has 0 saturated carbocycles. The van der Waals surface area contributed by atoms with Gasteiger partial charge in [0.25, 0.3) is 0 Å². The summed E-state index contributed by atoms with van der Waals surface area (Å²) in [5.41, 5.74) is 0. The van der Waals surface area contributed by atoms with Crippen molar-refractivity contribution in [1.29, 1.82) is 0 Å². The molecule has 4 nitrogen and oxygen atoms in total. The van der Waals surface area contributed by atoms with E-state index in [-0.39, 0.29) is 11.8 Å². The lowest BCUT2D eigenvalue weighted by Crippen LogP contribution is -2.26. The van der Waals surface area contributed by atoms with Crippen LogP contribution in [0.15, 0.2) is 10.5 Å². The number of nitrogens with zero attached hydrogens (tertiary/aromatic N) is 3. The van der Waals surface area contributed by atoms with Crippen LogP contribution in [0.25, 0.3) is 0 Å². The molecule has 1 atom stereocenters. The zero-order valence-corrected chi connectivity index (χ0v) is 11.5. The van der Waals surface area contributed by atoms with Gasteiger partial charge in [0.1, 0.15) is 0 Å². The normalized spacial score (nSPS) is 20.6. The summed E-state index contributed by atoms with van der Waals surface area (Å²) in [6, 6.07) is 1.63. The Hall–Kier alpha value is -0.330. The summed E-state index contributed by atoms with van der Waals surface area (Å²) >= 11 is 13.2. The standard InChI is InChI=1S/C9H9BrClN3OS/c10-6-2-7(11)12-13-9(6)14-3-5(4-16)1-8(14)15/h2,5,16H,1,3-4H2. The molecule has 1 aliphatic heterocycles. The monoisotopic (exact) mass is 321 g/mol. The first kappa shape index (κ1) is 12.1. The van der Waals surface area contributed by atoms with Crippen LogP contribution in [0.1, 0.15) is 6.42 Å². The van der Waals surface area contributed by atoms with E-state index < -0.39 is 0 Å². The predicted octanol–water partition coefficient (Wildman–Crippen LogP) is 2.18. The molecule has 1 saturated heterocycles. The summed E-state index contributed by atoms with van der Waals surface area (Å²) in [5, 5.41) is 7.97. The Kier molecular flexibility index (Phi) is 3.71. The molecular formula is C9H9BrClN3OS. The van der Waals surface area contributed by atoms with Gasteiger partial charge in [-0.05, 0) is 33.7 Å². The van der Waals surface area contributed by atoms with E-state index in [2.05, 4.69) is 38.8 Å². The average Bonchev–Trinajstić information content (AvgIpc) is 2.60. The van der Waals surface area contributed by atoms with E-state index >= 15 is 0 Å². The van der Waals surface area contributed by atoms with Gasteiger partial charge in [0.2, 0.25) is 5.91 Å². The second kappa shape index (κ2) is 4.89. The van der Waals surface area contributed by atoms with Gasteiger partial charge in [0.15, 0.2) is 11.0 Å². The average molecular weight is 323 g/mol. The number of hydrogen-bond acceptors (Lipinski definition) is 4. The lowest BCUT2D eigenvalue weighted by Gasteiger charge is -2.15. The first-order valence-corrected chi connectivity index (χ1v) is 6.52. The third-order valence-corrected chi connectivity index (χ3v) is 3.70. The van der Waals surface area contributed by atoms with Gasteiger partial charge in [0.05, 0.1) is 4.47 Å². The van der Waals surface area contributed by atoms with E-state index in [0.717, 1.165) is 0 Å². The van der Waals surface area contributed by atoms with Gasteiger partial charge in [-0.1, -0.05) is 11.6 Å². The van der Waals surface area contributed by atoms with Gasteiger partial charge in [-0.15, -0.1) is 10.2 Å². The highest BCUT2D eigenvalue weighted by molar-refractivity contribution is 9.10. The van der Waals surface area contributed by atoms with Crippen LogP contribution >= 0.6 is 40.2 Å². The lowest BCUT2D eigenvalue weighted by atomic mass is 10.1. The molecule has 1 aliphatic rings. The van der Waals surface area contributed by atoms with Crippen molar-refractivity contribution >= 4 is 51.9 Å². The zero-order chi connectivity index (χ0) is 11.7. The molecule has 1 fully saturated rings. The number of halogens is 2. The minimum Gasteiger partial charge on any atom is -0.294 e. The van der Waals surface area contributed by atoms with Crippen LogP contribution in [0.3, 0.4) is 0 Å². The van der Waals surface area contributed by atoms with Crippen molar-refractivity contribution < 1.29 is 4.79 Å². The Morgan fingerprint density at radius 2 is 2.38 bits per heavy atom. The van der Waals surface area contributed by atoms with Crippen molar-refractivity contribution in [3.8, 4) is 0 Å². The highest BCUT2D eigenvalue weighted by Crippen LogP contribution is 2.30. The highest BCUT2D eigenvalue weighted by Gasteiger charge is 2.31. The van der Waals surface area contributed by atoms with Gasteiger partial charge in [-0.25, -0.2) is 0 Å². The van der Waals surface area contributed by atoms with Crippen molar-refractivity contribution in [2.75, 3.05) is 17.2 Å². The zero-order valence-electron chi connectivity index (χ0n) is 8.23. The highest BCUT2D eigenvalue weighted by atomic mass is 79.9. The molecule has 1 amide bonds. The molecule has 86 valence electrons. The Morgan fingerprint density at radius 1 is 1.62 bits per heavy atom. The van der Waals surface area contributed by atoms with Crippen LogP contribution in [0.5, 0.6) is 0 Å². The first-order valence-electron chi connectivity index (χ1n) is 4.71. The third kappa shape index (κ3) is 2.33. The number of hydrogen-bond donors (Lipinski definition) is 1. The fourth-order valence-corrected chi connectivity index (χ4v) is 2.67. The maximum atomic E-state index is 11.8. The summed E-state index contributed by atoms with van der Waals surface area (Å²) in [5.74, 6) is 1.55. The Morgan fingerprint density at radius 3 is 2.94 bits per heavy atom. The van der Waals surface area contributed by atoms with Gasteiger partial charge in [-0.3, -0.25) is 9.69 Å². The fraction of sp³-hybridized carbons (Fsp3) is 0.444. The maximum Gasteiger partial charge on any atom is 0.228 e. The number of rotatable bonds is 2. The van der Waals surface area contributed by atoms with Crippen molar-refractivity contribution in [1.82, 2.24) is 10.2 Å². The molecule has 0 N–H and O–H groups in total. The molecule has 2 rings (SSSR count). The quantitative estimate of drug-likeness (QED) is 0.849. The van der Waals surface area contributed by atoms with E-state index in [4.69, 9.17) is 11.6 Å². The van der Waals surface area contributed by atoms with Crippen molar-refractivity contribution in [3.63, 3.8) is 0 Å². The topological polar surface area (TPSA) is 46.1 Å². The molecular weight excluding hydrogens is 314 g/mol. The predicted molar refractivity (Wildman–Crippen MR) is 69.1 cm³/mol. The third-order valence-electron chi connectivity index (χ3n) is 2.42. The number of carbonyl (C=O) groups excluding carboxylic acids is 1. The Balaban J connectivity index is 2.28. The molecule has 16 heavy (non-hydrogen) atoms. The van der Waals surface area contributed by atoms with E-state index in [1.54, 1.807) is 11.0 Å². The number of anilines is 1. The van der Waals surface area contributed by atoms with Gasteiger partial charge >= 0.3 is 0 Å². The molecule has 0 radical (unpaired) electrons. The van der Waals surface area contributed by atoms with Crippen molar-refractivity contribution in [3.05, 3.63) is 15.7 Å². The summed E-state index contributed by atoms with van der Waals surface area (Å²) in [6.45, 7) is 0.636. The van der Waals surface area contributed by atoms with Gasteiger partial charge in [-0.2, -0.15) is 12.6 Å². The van der Waals surface area contributed by atoms with Crippen LogP contribution in [0.2, 0.25) is 5.15 Å². The number of amides is 1. The largest absolute Gasteiger partial charge is 0.294 e. The minimum atomic E-state index is 0.0522. The number of aromatic nitrogens is 2. The second-order valence-electron chi connectivity index (χ2n) is 3.60. The van der Waals surface area contributed by atoms with E-state index in [0.29, 0.717) is 34.2 Å². The van der Waals surface area contributed by atoms with Crippen LogP contribution in [0.4, 0.5) is 5.82 Å². The number of carbonyl (C=O) groups is 1. The molecule has 0 spiro atoms. The van der Waals surface area contributed by atoms with Crippen LogP contribution in [-0.4, -0.2) is 28.4 Å². The second-order valence-corrected chi connectivity index (χ2v) is 5.20.